The van der Waals surface area contributed by atoms with E-state index in [1.165, 1.54) is 92.9 Å². The van der Waals surface area contributed by atoms with E-state index in [1.807, 2.05) is 19.1 Å². The largest absolute Gasteiger partial charge is 0.207 e. The summed E-state index contributed by atoms with van der Waals surface area (Å²) in [6.45, 7) is 43.4. The van der Waals surface area contributed by atoms with Gasteiger partial charge in [0.25, 0.3) is 0 Å². The standard InChI is InChI=1S/C11H15F.C11H22.2C11H16.4C3H8.2CH4/c1-8(2)6-10-5-4-9(3)7-11(10)12;3*1-9(2)8-11-6-4-10(3)5-7-11;4*1-3-2;;/h4-5,7-8H,6H2,1-3H3;9-11H,4-8H2,1-3H3;2*4-7,9H,8H2,1-3H3;4*3H2,1-2H3;2*1H4. The van der Waals surface area contributed by atoms with Crippen LogP contribution in [0.15, 0.2) is 66.7 Å². The Kier molecular flexibility index (Phi) is 54.0. The Balaban J connectivity index is -0.000000144. The Bertz CT molecular complexity index is 1150. The molecule has 1 aliphatic carbocycles. The maximum Gasteiger partial charge on any atom is 0.126 e. The molecule has 3 aromatic carbocycles. The Hall–Kier alpha value is -2.41. The van der Waals surface area contributed by atoms with Gasteiger partial charge in [-0.05, 0) is 110 Å². The number of hydrogen-bond acceptors (Lipinski definition) is 0. The van der Waals surface area contributed by atoms with Gasteiger partial charge >= 0.3 is 0 Å². The molecule has 1 fully saturated rings. The van der Waals surface area contributed by atoms with E-state index in [0.717, 1.165) is 47.1 Å². The molecule has 1 saturated carbocycles. The maximum absolute atomic E-state index is 13.2. The van der Waals surface area contributed by atoms with E-state index in [9.17, 15) is 4.39 Å². The van der Waals surface area contributed by atoms with E-state index in [4.69, 9.17) is 0 Å². The molecule has 0 unspecified atom stereocenters. The van der Waals surface area contributed by atoms with Crippen molar-refractivity contribution in [3.63, 3.8) is 0 Å². The lowest BCUT2D eigenvalue weighted by Gasteiger charge is -2.27. The van der Waals surface area contributed by atoms with Crippen LogP contribution in [0, 0.1) is 62.1 Å². The van der Waals surface area contributed by atoms with Crippen LogP contribution in [0.5, 0.6) is 0 Å². The summed E-state index contributed by atoms with van der Waals surface area (Å²) in [4.78, 5) is 0. The summed E-state index contributed by atoms with van der Waals surface area (Å²) in [6.07, 6.45) is 15.6. The van der Waals surface area contributed by atoms with Crippen LogP contribution in [-0.4, -0.2) is 0 Å². The average Bonchev–Trinajstić information content (AvgIpc) is 3.11. The second kappa shape index (κ2) is 46.7. The summed E-state index contributed by atoms with van der Waals surface area (Å²) in [5, 5.41) is 0. The summed E-state index contributed by atoms with van der Waals surface area (Å²) in [6, 6.07) is 23.0. The molecule has 3 aromatic rings. The number of aryl methyl sites for hydroxylation is 3. The molecule has 0 radical (unpaired) electrons. The lowest BCUT2D eigenvalue weighted by molar-refractivity contribution is 0.256. The molecular weight excluding hydrogens is 716 g/mol. The molecule has 0 saturated heterocycles. The zero-order chi connectivity index (χ0) is 44.8. The van der Waals surface area contributed by atoms with Gasteiger partial charge in [-0.3, -0.25) is 0 Å². The third kappa shape index (κ3) is 49.9. The summed E-state index contributed by atoms with van der Waals surface area (Å²) in [5.74, 6) is 4.96. The van der Waals surface area contributed by atoms with Gasteiger partial charge < -0.3 is 0 Å². The van der Waals surface area contributed by atoms with Gasteiger partial charge in [0, 0.05) is 0 Å². The van der Waals surface area contributed by atoms with Gasteiger partial charge in [-0.2, -0.15) is 0 Å². The van der Waals surface area contributed by atoms with E-state index >= 15 is 0 Å². The van der Waals surface area contributed by atoms with Crippen LogP contribution in [0.1, 0.15) is 224 Å². The molecule has 0 heterocycles. The monoisotopic (exact) mass is 825 g/mol. The molecule has 0 amide bonds. The number of rotatable bonds is 8. The quantitative estimate of drug-likeness (QED) is 0.212. The van der Waals surface area contributed by atoms with Crippen molar-refractivity contribution in [3.8, 4) is 0 Å². The van der Waals surface area contributed by atoms with Crippen LogP contribution in [-0.2, 0) is 19.3 Å². The van der Waals surface area contributed by atoms with Gasteiger partial charge in [-0.25, -0.2) is 4.39 Å². The molecule has 0 aromatic heterocycles. The molecule has 0 bridgehead atoms. The molecule has 0 spiro atoms. The fourth-order valence-electron chi connectivity index (χ4n) is 5.88. The molecule has 0 N–H and O–H groups in total. The summed E-state index contributed by atoms with van der Waals surface area (Å²) < 4.78 is 13.2. The van der Waals surface area contributed by atoms with Crippen LogP contribution in [0.2, 0.25) is 0 Å². The Morgan fingerprint density at radius 3 is 1.03 bits per heavy atom. The minimum atomic E-state index is -0.0660. The zero-order valence-electron chi connectivity index (χ0n) is 42.2. The van der Waals surface area contributed by atoms with Crippen LogP contribution in [0.25, 0.3) is 0 Å². The second-order valence-corrected chi connectivity index (χ2v) is 18.4. The molecule has 1 heteroatoms. The lowest BCUT2D eigenvalue weighted by Crippen LogP contribution is -2.13. The highest BCUT2D eigenvalue weighted by Crippen LogP contribution is 2.32. The smallest absolute Gasteiger partial charge is 0.126 e. The normalized spacial score (nSPS) is 13.4. The zero-order valence-corrected chi connectivity index (χ0v) is 42.2. The maximum atomic E-state index is 13.2. The van der Waals surface area contributed by atoms with E-state index in [0.29, 0.717) is 5.92 Å². The molecular formula is C58H109F. The van der Waals surface area contributed by atoms with Gasteiger partial charge in [0.05, 0.1) is 0 Å². The first-order valence-electron chi connectivity index (χ1n) is 23.7. The summed E-state index contributed by atoms with van der Waals surface area (Å²) in [7, 11) is 0. The van der Waals surface area contributed by atoms with E-state index in [1.54, 1.807) is 6.07 Å². The number of halogens is 1. The third-order valence-electron chi connectivity index (χ3n) is 8.31. The SMILES string of the molecule is C.C.CC(C)CC1CCC(C)CC1.CCC.CCC.CCC.CCC.Cc1ccc(CC(C)C)c(F)c1.Cc1ccc(CC(C)C)cc1.Cc1ccc(CC(C)C)cc1. The van der Waals surface area contributed by atoms with Gasteiger partial charge in [0.2, 0.25) is 0 Å². The van der Waals surface area contributed by atoms with Crippen molar-refractivity contribution in [1.29, 1.82) is 0 Å². The van der Waals surface area contributed by atoms with Gasteiger partial charge in [0.1, 0.15) is 5.82 Å². The van der Waals surface area contributed by atoms with Gasteiger partial charge in [-0.15, -0.1) is 0 Å². The van der Waals surface area contributed by atoms with Crippen LogP contribution >= 0.6 is 0 Å². The minimum absolute atomic E-state index is 0. The second-order valence-electron chi connectivity index (χ2n) is 18.4. The van der Waals surface area contributed by atoms with Crippen molar-refractivity contribution < 1.29 is 4.39 Å². The molecule has 1 aliphatic rings. The topological polar surface area (TPSA) is 0 Å². The van der Waals surface area contributed by atoms with E-state index in [2.05, 4.69) is 180 Å². The Morgan fingerprint density at radius 1 is 0.458 bits per heavy atom. The average molecular weight is 826 g/mol. The number of benzene rings is 3. The fraction of sp³-hybridized carbons (Fsp3) is 0.690. The predicted octanol–water partition coefficient (Wildman–Crippen LogP) is 20.5. The molecule has 0 atom stereocenters. The van der Waals surface area contributed by atoms with Crippen molar-refractivity contribution in [2.75, 3.05) is 0 Å². The molecule has 0 aliphatic heterocycles. The highest BCUT2D eigenvalue weighted by atomic mass is 19.1. The van der Waals surface area contributed by atoms with E-state index < -0.39 is 0 Å². The summed E-state index contributed by atoms with van der Waals surface area (Å²) >= 11 is 0. The van der Waals surface area contributed by atoms with Crippen LogP contribution in [0.4, 0.5) is 4.39 Å². The van der Waals surface area contributed by atoms with Crippen molar-refractivity contribution in [3.05, 3.63) is 106 Å². The first-order chi connectivity index (χ1) is 26.8. The van der Waals surface area contributed by atoms with E-state index in [-0.39, 0.29) is 20.7 Å². The highest BCUT2D eigenvalue weighted by Gasteiger charge is 2.18. The van der Waals surface area contributed by atoms with Gasteiger partial charge in [-0.1, -0.05) is 256 Å². The third-order valence-corrected chi connectivity index (χ3v) is 8.31. The van der Waals surface area contributed by atoms with Gasteiger partial charge in [0.15, 0.2) is 0 Å². The Labute approximate surface area is 374 Å². The first-order valence-corrected chi connectivity index (χ1v) is 23.7. The highest BCUT2D eigenvalue weighted by molar-refractivity contribution is 5.24. The van der Waals surface area contributed by atoms with Crippen LogP contribution < -0.4 is 0 Å². The number of hydrogen-bond donors (Lipinski definition) is 0. The molecule has 0 nitrogen and oxygen atoms in total. The predicted molar refractivity (Wildman–Crippen MR) is 277 cm³/mol. The molecule has 348 valence electrons. The van der Waals surface area contributed by atoms with Crippen molar-refractivity contribution in [1.82, 2.24) is 0 Å². The minimum Gasteiger partial charge on any atom is -0.207 e. The van der Waals surface area contributed by atoms with Crippen molar-refractivity contribution in [2.45, 2.75) is 230 Å². The van der Waals surface area contributed by atoms with Crippen LogP contribution in [0.3, 0.4) is 0 Å². The van der Waals surface area contributed by atoms with Crippen molar-refractivity contribution in [2.24, 2.45) is 35.5 Å². The molecule has 4 rings (SSSR count). The summed E-state index contributed by atoms with van der Waals surface area (Å²) in [5.41, 5.74) is 7.40. The van der Waals surface area contributed by atoms with Crippen molar-refractivity contribution >= 4 is 0 Å². The fourth-order valence-corrected chi connectivity index (χ4v) is 5.88. The Morgan fingerprint density at radius 2 is 0.763 bits per heavy atom. The lowest BCUT2D eigenvalue weighted by atomic mass is 9.79. The molecule has 59 heavy (non-hydrogen) atoms. The first kappa shape index (κ1) is 68.3.